The third-order valence-corrected chi connectivity index (χ3v) is 8.06. The van der Waals surface area contributed by atoms with Gasteiger partial charge in [-0.1, -0.05) is 48.5 Å². The summed E-state index contributed by atoms with van der Waals surface area (Å²) in [6, 6.07) is 22.9. The molecule has 0 unspecified atom stereocenters. The predicted octanol–water partition coefficient (Wildman–Crippen LogP) is 5.44. The maximum absolute atomic E-state index is 12.9. The number of benzene rings is 2. The quantitative estimate of drug-likeness (QED) is 0.428. The molecule has 5 rings (SSSR count). The summed E-state index contributed by atoms with van der Waals surface area (Å²) in [5, 5.41) is 6.81. The lowest BCUT2D eigenvalue weighted by molar-refractivity contribution is -0.131. The molecule has 158 valence electrons. The number of nitrogens with one attached hydrogen (secondary N) is 1. The molecule has 2 aromatic heterocycles. The van der Waals surface area contributed by atoms with E-state index >= 15 is 0 Å². The van der Waals surface area contributed by atoms with E-state index < -0.39 is 0 Å². The van der Waals surface area contributed by atoms with Crippen molar-refractivity contribution in [2.45, 2.75) is 24.8 Å². The Kier molecular flexibility index (Phi) is 6.11. The molecule has 1 saturated heterocycles. The third kappa shape index (κ3) is 4.56. The van der Waals surface area contributed by atoms with Crippen molar-refractivity contribution in [1.82, 2.24) is 15.2 Å². The SMILES string of the molecule is O=C(CN[C@@H](c1ccccc1)c1cccs1)N1CCC(c2nc3ccccc3s2)CC1. The van der Waals surface area contributed by atoms with Crippen molar-refractivity contribution in [2.24, 2.45) is 0 Å². The Morgan fingerprint density at radius 1 is 1.03 bits per heavy atom. The first-order valence-corrected chi connectivity index (χ1v) is 12.4. The van der Waals surface area contributed by atoms with E-state index in [1.54, 1.807) is 22.7 Å². The van der Waals surface area contributed by atoms with Crippen LogP contribution in [0.2, 0.25) is 0 Å². The number of carbonyl (C=O) groups excluding carboxylic acids is 1. The summed E-state index contributed by atoms with van der Waals surface area (Å²) in [6.45, 7) is 1.95. The van der Waals surface area contributed by atoms with E-state index in [4.69, 9.17) is 4.98 Å². The highest BCUT2D eigenvalue weighted by atomic mass is 32.1. The smallest absolute Gasteiger partial charge is 0.236 e. The Labute approximate surface area is 190 Å². The lowest BCUT2D eigenvalue weighted by atomic mass is 9.97. The second-order valence-electron chi connectivity index (χ2n) is 7.91. The maximum atomic E-state index is 12.9. The van der Waals surface area contributed by atoms with Crippen LogP contribution in [0.3, 0.4) is 0 Å². The molecular formula is C25H25N3OS2. The molecule has 0 aliphatic carbocycles. The first kappa shape index (κ1) is 20.4. The van der Waals surface area contributed by atoms with Gasteiger partial charge in [-0.15, -0.1) is 22.7 Å². The van der Waals surface area contributed by atoms with Crippen LogP contribution in [0.25, 0.3) is 10.2 Å². The largest absolute Gasteiger partial charge is 0.342 e. The van der Waals surface area contributed by atoms with E-state index in [0.717, 1.165) is 31.4 Å². The number of rotatable bonds is 6. The van der Waals surface area contributed by atoms with E-state index in [2.05, 4.69) is 53.2 Å². The van der Waals surface area contributed by atoms with Crippen LogP contribution >= 0.6 is 22.7 Å². The van der Waals surface area contributed by atoms with Gasteiger partial charge < -0.3 is 4.90 Å². The van der Waals surface area contributed by atoms with Crippen molar-refractivity contribution in [3.05, 3.63) is 87.6 Å². The van der Waals surface area contributed by atoms with Gasteiger partial charge in [-0.3, -0.25) is 10.1 Å². The molecule has 2 aromatic carbocycles. The zero-order valence-electron chi connectivity index (χ0n) is 17.2. The number of fused-ring (bicyclic) bond motifs is 1. The molecule has 1 amide bonds. The van der Waals surface area contributed by atoms with Crippen LogP contribution in [0.4, 0.5) is 0 Å². The number of thiophene rings is 1. The molecule has 4 aromatic rings. The molecule has 4 nitrogen and oxygen atoms in total. The fraction of sp³-hybridized carbons (Fsp3) is 0.280. The summed E-state index contributed by atoms with van der Waals surface area (Å²) in [7, 11) is 0. The standard InChI is InChI=1S/C25H25N3OS2/c29-23(17-26-24(22-11-6-16-30-22)18-7-2-1-3-8-18)28-14-12-19(13-15-28)25-27-20-9-4-5-10-21(20)31-25/h1-11,16,19,24,26H,12-15,17H2/t24-/m0/s1. The highest BCUT2D eigenvalue weighted by Crippen LogP contribution is 2.34. The van der Waals surface area contributed by atoms with Crippen molar-refractivity contribution >= 4 is 38.8 Å². The normalized spacial score (nSPS) is 15.9. The van der Waals surface area contributed by atoms with Crippen LogP contribution in [-0.4, -0.2) is 35.4 Å². The summed E-state index contributed by atoms with van der Waals surface area (Å²) in [4.78, 5) is 21.0. The fourth-order valence-corrected chi connectivity index (χ4v) is 6.19. The average molecular weight is 448 g/mol. The lowest BCUT2D eigenvalue weighted by Crippen LogP contribution is -2.43. The topological polar surface area (TPSA) is 45.2 Å². The van der Waals surface area contributed by atoms with Crippen molar-refractivity contribution in [3.8, 4) is 0 Å². The minimum absolute atomic E-state index is 0.0467. The van der Waals surface area contributed by atoms with E-state index in [1.165, 1.54) is 20.1 Å². The molecule has 1 aliphatic rings. The minimum atomic E-state index is 0.0467. The van der Waals surface area contributed by atoms with Crippen molar-refractivity contribution in [1.29, 1.82) is 0 Å². The van der Waals surface area contributed by atoms with Crippen molar-refractivity contribution < 1.29 is 4.79 Å². The first-order chi connectivity index (χ1) is 15.3. The van der Waals surface area contributed by atoms with Crippen LogP contribution in [0.1, 0.15) is 40.2 Å². The van der Waals surface area contributed by atoms with E-state index in [1.807, 2.05) is 29.2 Å². The number of amides is 1. The number of aromatic nitrogens is 1. The molecule has 3 heterocycles. The molecule has 6 heteroatoms. The second kappa shape index (κ2) is 9.30. The second-order valence-corrected chi connectivity index (χ2v) is 9.96. The molecular weight excluding hydrogens is 422 g/mol. The van der Waals surface area contributed by atoms with Gasteiger partial charge in [-0.25, -0.2) is 4.98 Å². The van der Waals surface area contributed by atoms with Crippen LogP contribution in [0, 0.1) is 0 Å². The average Bonchev–Trinajstić information content (AvgIpc) is 3.50. The zero-order chi connectivity index (χ0) is 21.0. The summed E-state index contributed by atoms with van der Waals surface area (Å²) >= 11 is 3.52. The number of likely N-dealkylation sites (tertiary alicyclic amines) is 1. The number of hydrogen-bond acceptors (Lipinski definition) is 5. The maximum Gasteiger partial charge on any atom is 0.236 e. The Morgan fingerprint density at radius 3 is 2.55 bits per heavy atom. The van der Waals surface area contributed by atoms with Gasteiger partial charge >= 0.3 is 0 Å². The Bertz CT molecular complexity index is 1100. The fourth-order valence-electron chi connectivity index (χ4n) is 4.23. The molecule has 1 atom stereocenters. The first-order valence-electron chi connectivity index (χ1n) is 10.7. The monoisotopic (exact) mass is 447 g/mol. The molecule has 0 saturated carbocycles. The molecule has 0 spiro atoms. The summed E-state index contributed by atoms with van der Waals surface area (Å²) < 4.78 is 1.25. The zero-order valence-corrected chi connectivity index (χ0v) is 18.9. The van der Waals surface area contributed by atoms with Gasteiger partial charge in [0, 0.05) is 23.9 Å². The van der Waals surface area contributed by atoms with Crippen LogP contribution in [0.15, 0.2) is 72.1 Å². The van der Waals surface area contributed by atoms with Gasteiger partial charge in [-0.2, -0.15) is 0 Å². The molecule has 31 heavy (non-hydrogen) atoms. The van der Waals surface area contributed by atoms with Gasteiger partial charge in [0.2, 0.25) is 5.91 Å². The highest BCUT2D eigenvalue weighted by molar-refractivity contribution is 7.18. The number of nitrogens with zero attached hydrogens (tertiary/aromatic N) is 2. The molecule has 1 fully saturated rings. The van der Waals surface area contributed by atoms with Gasteiger partial charge in [-0.05, 0) is 42.0 Å². The van der Waals surface area contributed by atoms with Gasteiger partial charge in [0.25, 0.3) is 0 Å². The summed E-state index contributed by atoms with van der Waals surface area (Å²) in [5.41, 5.74) is 2.28. The Hall–Kier alpha value is -2.54. The highest BCUT2D eigenvalue weighted by Gasteiger charge is 2.26. The summed E-state index contributed by atoms with van der Waals surface area (Å²) in [5.74, 6) is 0.637. The van der Waals surface area contributed by atoms with E-state index in [-0.39, 0.29) is 11.9 Å². The van der Waals surface area contributed by atoms with Crippen LogP contribution in [-0.2, 0) is 4.79 Å². The Morgan fingerprint density at radius 2 is 1.81 bits per heavy atom. The lowest BCUT2D eigenvalue weighted by Gasteiger charge is -2.31. The van der Waals surface area contributed by atoms with Crippen LogP contribution in [0.5, 0.6) is 0 Å². The Balaban J connectivity index is 1.19. The number of carbonyl (C=O) groups is 1. The molecule has 1 N–H and O–H groups in total. The molecule has 0 radical (unpaired) electrons. The van der Waals surface area contributed by atoms with Gasteiger partial charge in [0.15, 0.2) is 0 Å². The van der Waals surface area contributed by atoms with E-state index in [9.17, 15) is 4.79 Å². The number of para-hydroxylation sites is 1. The van der Waals surface area contributed by atoms with Gasteiger partial charge in [0.05, 0.1) is 27.8 Å². The molecule has 0 bridgehead atoms. The number of piperidine rings is 1. The van der Waals surface area contributed by atoms with Gasteiger partial charge in [0.1, 0.15) is 0 Å². The third-order valence-electron chi connectivity index (χ3n) is 5.93. The summed E-state index contributed by atoms with van der Waals surface area (Å²) in [6.07, 6.45) is 1.97. The predicted molar refractivity (Wildman–Crippen MR) is 129 cm³/mol. The number of thiazole rings is 1. The molecule has 1 aliphatic heterocycles. The minimum Gasteiger partial charge on any atom is -0.342 e. The van der Waals surface area contributed by atoms with Crippen molar-refractivity contribution in [3.63, 3.8) is 0 Å². The van der Waals surface area contributed by atoms with Crippen LogP contribution < -0.4 is 5.32 Å². The van der Waals surface area contributed by atoms with E-state index in [0.29, 0.717) is 12.5 Å². The number of hydrogen-bond donors (Lipinski definition) is 1. The van der Waals surface area contributed by atoms with Crippen molar-refractivity contribution in [2.75, 3.05) is 19.6 Å².